The molecule has 0 aliphatic rings. The van der Waals surface area contributed by atoms with Gasteiger partial charge in [-0.2, -0.15) is 5.10 Å². The summed E-state index contributed by atoms with van der Waals surface area (Å²) in [5.74, 6) is 0.466. The van der Waals surface area contributed by atoms with Gasteiger partial charge in [-0.3, -0.25) is 0 Å². The molecule has 0 aromatic carbocycles. The van der Waals surface area contributed by atoms with Crippen LogP contribution in [0.15, 0.2) is 6.20 Å². The minimum atomic E-state index is 0.466. The average Bonchev–Trinajstić information content (AvgIpc) is 1.95. The van der Waals surface area contributed by atoms with Crippen molar-refractivity contribution < 1.29 is 4.74 Å². The number of hydrogen-bond donors (Lipinski definition) is 0. The van der Waals surface area contributed by atoms with Crippen LogP contribution in [0, 0.1) is 3.57 Å². The van der Waals surface area contributed by atoms with E-state index in [2.05, 4.69) is 10.2 Å². The monoisotopic (exact) mass is 270 g/mol. The summed E-state index contributed by atoms with van der Waals surface area (Å²) in [6.07, 6.45) is 1.48. The lowest BCUT2D eigenvalue weighted by Gasteiger charge is -1.99. The molecule has 0 atom stereocenters. The summed E-state index contributed by atoms with van der Waals surface area (Å²) < 4.78 is 5.65. The van der Waals surface area contributed by atoms with Crippen LogP contribution in [0.3, 0.4) is 0 Å². The third kappa shape index (κ3) is 1.49. The summed E-state index contributed by atoms with van der Waals surface area (Å²) in [4.78, 5) is 0. The van der Waals surface area contributed by atoms with Crippen LogP contribution in [0.2, 0.25) is 5.02 Å². The van der Waals surface area contributed by atoms with E-state index < -0.39 is 0 Å². The van der Waals surface area contributed by atoms with Crippen molar-refractivity contribution >= 4 is 34.2 Å². The second-order valence-corrected chi connectivity index (χ2v) is 3.00. The van der Waals surface area contributed by atoms with Crippen molar-refractivity contribution in [3.8, 4) is 5.88 Å². The standard InChI is InChI=1S/C5H4ClIN2O/c1-10-5-4(7)3(6)2-8-9-5/h2H,1H3. The van der Waals surface area contributed by atoms with Gasteiger partial charge in [-0.25, -0.2) is 0 Å². The molecule has 3 nitrogen and oxygen atoms in total. The van der Waals surface area contributed by atoms with Crippen LogP contribution in [0.4, 0.5) is 0 Å². The van der Waals surface area contributed by atoms with Gasteiger partial charge in [0.25, 0.3) is 0 Å². The van der Waals surface area contributed by atoms with E-state index >= 15 is 0 Å². The minimum absolute atomic E-state index is 0.466. The van der Waals surface area contributed by atoms with Gasteiger partial charge in [0.1, 0.15) is 0 Å². The van der Waals surface area contributed by atoms with Gasteiger partial charge in [0, 0.05) is 0 Å². The minimum Gasteiger partial charge on any atom is -0.479 e. The number of hydrogen-bond acceptors (Lipinski definition) is 3. The maximum Gasteiger partial charge on any atom is 0.248 e. The average molecular weight is 270 g/mol. The highest BCUT2D eigenvalue weighted by atomic mass is 127. The molecule has 10 heavy (non-hydrogen) atoms. The third-order valence-electron chi connectivity index (χ3n) is 0.910. The number of aromatic nitrogens is 2. The molecule has 0 amide bonds. The molecule has 0 radical (unpaired) electrons. The Balaban J connectivity index is 3.14. The van der Waals surface area contributed by atoms with Crippen molar-refractivity contribution in [3.05, 3.63) is 14.8 Å². The van der Waals surface area contributed by atoms with E-state index in [-0.39, 0.29) is 0 Å². The summed E-state index contributed by atoms with van der Waals surface area (Å²) in [6, 6.07) is 0. The summed E-state index contributed by atoms with van der Waals surface area (Å²) in [5, 5.41) is 7.86. The van der Waals surface area contributed by atoms with Crippen molar-refractivity contribution in [1.82, 2.24) is 10.2 Å². The van der Waals surface area contributed by atoms with Crippen molar-refractivity contribution in [1.29, 1.82) is 0 Å². The first-order chi connectivity index (χ1) is 4.75. The number of nitrogens with zero attached hydrogens (tertiary/aromatic N) is 2. The van der Waals surface area contributed by atoms with E-state index in [0.29, 0.717) is 10.9 Å². The van der Waals surface area contributed by atoms with E-state index in [1.807, 2.05) is 22.6 Å². The summed E-state index contributed by atoms with van der Waals surface area (Å²) >= 11 is 7.75. The fourth-order valence-electron chi connectivity index (χ4n) is 0.465. The molecule has 0 N–H and O–H groups in total. The molecule has 1 heterocycles. The Morgan fingerprint density at radius 2 is 2.40 bits per heavy atom. The van der Waals surface area contributed by atoms with Gasteiger partial charge < -0.3 is 4.74 Å². The second-order valence-electron chi connectivity index (χ2n) is 1.52. The van der Waals surface area contributed by atoms with Crippen LogP contribution in [0.25, 0.3) is 0 Å². The lowest BCUT2D eigenvalue weighted by atomic mass is 10.6. The zero-order valence-electron chi connectivity index (χ0n) is 5.14. The van der Waals surface area contributed by atoms with Crippen molar-refractivity contribution in [2.45, 2.75) is 0 Å². The second kappa shape index (κ2) is 3.34. The Labute approximate surface area is 76.9 Å². The molecule has 0 bridgehead atoms. The SMILES string of the molecule is COc1nncc(Cl)c1I. The zero-order chi connectivity index (χ0) is 7.56. The van der Waals surface area contributed by atoms with Gasteiger partial charge in [0.2, 0.25) is 5.88 Å². The predicted molar refractivity (Wildman–Crippen MR) is 46.3 cm³/mol. The molecule has 54 valence electrons. The molecule has 0 spiro atoms. The smallest absolute Gasteiger partial charge is 0.248 e. The van der Waals surface area contributed by atoms with Gasteiger partial charge in [-0.05, 0) is 22.6 Å². The topological polar surface area (TPSA) is 35.0 Å². The van der Waals surface area contributed by atoms with Crippen LogP contribution in [0.5, 0.6) is 5.88 Å². The van der Waals surface area contributed by atoms with Crippen LogP contribution < -0.4 is 4.74 Å². The lowest BCUT2D eigenvalue weighted by molar-refractivity contribution is 0.388. The fourth-order valence-corrected chi connectivity index (χ4v) is 1.06. The highest BCUT2D eigenvalue weighted by Crippen LogP contribution is 2.23. The number of methoxy groups -OCH3 is 1. The van der Waals surface area contributed by atoms with Crippen LogP contribution >= 0.6 is 34.2 Å². The van der Waals surface area contributed by atoms with E-state index in [4.69, 9.17) is 16.3 Å². The fraction of sp³-hybridized carbons (Fsp3) is 0.200. The number of ether oxygens (including phenoxy) is 1. The molecule has 0 aliphatic carbocycles. The molecule has 0 saturated heterocycles. The maximum absolute atomic E-state index is 5.70. The van der Waals surface area contributed by atoms with Crippen molar-refractivity contribution in [2.75, 3.05) is 7.11 Å². The highest BCUT2D eigenvalue weighted by Gasteiger charge is 2.04. The van der Waals surface area contributed by atoms with E-state index in [1.165, 1.54) is 13.3 Å². The summed E-state index contributed by atoms with van der Waals surface area (Å²) in [7, 11) is 1.53. The van der Waals surface area contributed by atoms with E-state index in [1.54, 1.807) is 0 Å². The van der Waals surface area contributed by atoms with Gasteiger partial charge in [-0.1, -0.05) is 11.6 Å². The Kier molecular flexibility index (Phi) is 2.67. The summed E-state index contributed by atoms with van der Waals surface area (Å²) in [5.41, 5.74) is 0. The molecule has 0 unspecified atom stereocenters. The van der Waals surface area contributed by atoms with Crippen molar-refractivity contribution in [3.63, 3.8) is 0 Å². The Morgan fingerprint density at radius 1 is 1.70 bits per heavy atom. The zero-order valence-corrected chi connectivity index (χ0v) is 8.05. The molecular formula is C5H4ClIN2O. The molecule has 5 heteroatoms. The van der Waals surface area contributed by atoms with Gasteiger partial charge in [0.05, 0.1) is 21.9 Å². The highest BCUT2D eigenvalue weighted by molar-refractivity contribution is 14.1. The van der Waals surface area contributed by atoms with Crippen molar-refractivity contribution in [2.24, 2.45) is 0 Å². The summed E-state index contributed by atoms with van der Waals surface area (Å²) in [6.45, 7) is 0. The van der Waals surface area contributed by atoms with Gasteiger partial charge in [0.15, 0.2) is 0 Å². The Hall–Kier alpha value is -0.100. The maximum atomic E-state index is 5.70. The van der Waals surface area contributed by atoms with Crippen LogP contribution in [0.1, 0.15) is 0 Å². The van der Waals surface area contributed by atoms with Gasteiger partial charge in [-0.15, -0.1) is 5.10 Å². The lowest BCUT2D eigenvalue weighted by Crippen LogP contribution is -1.93. The molecule has 1 aromatic rings. The van der Waals surface area contributed by atoms with Crippen LogP contribution in [-0.2, 0) is 0 Å². The van der Waals surface area contributed by atoms with Gasteiger partial charge >= 0.3 is 0 Å². The largest absolute Gasteiger partial charge is 0.479 e. The molecule has 0 saturated carbocycles. The molecule has 0 fully saturated rings. The number of rotatable bonds is 1. The first kappa shape index (κ1) is 8.00. The normalized spacial score (nSPS) is 9.50. The van der Waals surface area contributed by atoms with E-state index in [0.717, 1.165) is 3.57 Å². The predicted octanol–water partition coefficient (Wildman–Crippen LogP) is 1.74. The first-order valence-electron chi connectivity index (χ1n) is 2.46. The number of halogens is 2. The third-order valence-corrected chi connectivity index (χ3v) is 2.56. The molecule has 1 aromatic heterocycles. The quantitative estimate of drug-likeness (QED) is 0.729. The molecular weight excluding hydrogens is 266 g/mol. The Bertz CT molecular complexity index is 243. The Morgan fingerprint density at radius 3 is 2.90 bits per heavy atom. The van der Waals surface area contributed by atoms with Crippen LogP contribution in [-0.4, -0.2) is 17.3 Å². The molecule has 0 aliphatic heterocycles. The first-order valence-corrected chi connectivity index (χ1v) is 3.92. The van der Waals surface area contributed by atoms with E-state index in [9.17, 15) is 0 Å². The molecule has 1 rings (SSSR count).